The van der Waals surface area contributed by atoms with Gasteiger partial charge < -0.3 is 9.32 Å². The summed E-state index contributed by atoms with van der Waals surface area (Å²) in [4.78, 5) is 17.5. The molecule has 158 valence electrons. The molecule has 2 heterocycles. The monoisotopic (exact) mass is 396 g/mol. The van der Waals surface area contributed by atoms with Crippen molar-refractivity contribution in [1.82, 2.24) is 9.80 Å². The maximum atomic E-state index is 12.9. The number of hydrogen-bond acceptors (Lipinski definition) is 3. The van der Waals surface area contributed by atoms with E-state index < -0.39 is 0 Å². The number of rotatable bonds is 8. The van der Waals surface area contributed by atoms with Gasteiger partial charge in [-0.15, -0.1) is 0 Å². The normalized spacial score (nSPS) is 20.0. The Kier molecular flexibility index (Phi) is 7.18. The van der Waals surface area contributed by atoms with Crippen LogP contribution >= 0.6 is 0 Å². The summed E-state index contributed by atoms with van der Waals surface area (Å²) in [6.07, 6.45) is 1.74. The van der Waals surface area contributed by atoms with Crippen molar-refractivity contribution in [2.24, 2.45) is 17.8 Å². The fraction of sp³-hybridized carbons (Fsp3) is 0.560. The van der Waals surface area contributed by atoms with Gasteiger partial charge in [0.2, 0.25) is 5.91 Å². The number of hydrogen-bond donors (Lipinski definition) is 0. The summed E-state index contributed by atoms with van der Waals surface area (Å²) in [7, 11) is 0. The third-order valence-corrected chi connectivity index (χ3v) is 5.83. The van der Waals surface area contributed by atoms with Gasteiger partial charge in [-0.05, 0) is 36.5 Å². The van der Waals surface area contributed by atoms with E-state index in [0.717, 1.165) is 38.5 Å². The van der Waals surface area contributed by atoms with E-state index >= 15 is 0 Å². The Morgan fingerprint density at radius 1 is 1.14 bits per heavy atom. The molecule has 2 atom stereocenters. The lowest BCUT2D eigenvalue weighted by molar-refractivity contribution is -0.135. The average Bonchev–Trinajstić information content (AvgIpc) is 3.31. The van der Waals surface area contributed by atoms with E-state index in [1.165, 1.54) is 11.1 Å². The molecule has 29 heavy (non-hydrogen) atoms. The van der Waals surface area contributed by atoms with Crippen molar-refractivity contribution in [1.29, 1.82) is 0 Å². The molecule has 1 aromatic heterocycles. The first-order chi connectivity index (χ1) is 13.8. The number of nitrogens with zero attached hydrogens (tertiary/aromatic N) is 2. The molecule has 1 aromatic carbocycles. The molecule has 2 aromatic rings. The number of carbonyl (C=O) groups is 1. The van der Waals surface area contributed by atoms with Gasteiger partial charge in [0.1, 0.15) is 5.76 Å². The minimum atomic E-state index is 0.0344. The Morgan fingerprint density at radius 3 is 2.45 bits per heavy atom. The summed E-state index contributed by atoms with van der Waals surface area (Å²) in [5.41, 5.74) is 2.66. The highest BCUT2D eigenvalue weighted by atomic mass is 16.3. The summed E-state index contributed by atoms with van der Waals surface area (Å²) in [6, 6.07) is 12.9. The SMILES string of the molecule is Cc1ccc(C2CN(Cc3ccco3)CC2CN(CC(C)C)C(=O)C(C)C)cc1. The quantitative estimate of drug-likeness (QED) is 0.634. The molecule has 2 unspecified atom stereocenters. The van der Waals surface area contributed by atoms with Crippen molar-refractivity contribution >= 4 is 5.91 Å². The van der Waals surface area contributed by atoms with Crippen molar-refractivity contribution in [3.05, 3.63) is 59.5 Å². The van der Waals surface area contributed by atoms with Crippen molar-refractivity contribution in [3.63, 3.8) is 0 Å². The molecule has 0 saturated carbocycles. The molecule has 4 nitrogen and oxygen atoms in total. The number of likely N-dealkylation sites (tertiary alicyclic amines) is 1. The largest absolute Gasteiger partial charge is 0.468 e. The number of furan rings is 1. The number of benzene rings is 1. The van der Waals surface area contributed by atoms with Crippen LogP contribution < -0.4 is 0 Å². The molecular weight excluding hydrogens is 360 g/mol. The lowest BCUT2D eigenvalue weighted by Gasteiger charge is -2.31. The second kappa shape index (κ2) is 9.62. The van der Waals surface area contributed by atoms with E-state index in [4.69, 9.17) is 4.42 Å². The molecule has 0 radical (unpaired) electrons. The molecular formula is C25H36N2O2. The number of amides is 1. The van der Waals surface area contributed by atoms with Crippen LogP contribution in [0.15, 0.2) is 47.1 Å². The zero-order valence-corrected chi connectivity index (χ0v) is 18.6. The van der Waals surface area contributed by atoms with Crippen LogP contribution in [0.3, 0.4) is 0 Å². The summed E-state index contributed by atoms with van der Waals surface area (Å²) in [6.45, 7) is 15.0. The third-order valence-electron chi connectivity index (χ3n) is 5.83. The topological polar surface area (TPSA) is 36.7 Å². The Hall–Kier alpha value is -2.07. The maximum absolute atomic E-state index is 12.9. The summed E-state index contributed by atoms with van der Waals surface area (Å²) >= 11 is 0. The van der Waals surface area contributed by atoms with Crippen LogP contribution in [0, 0.1) is 24.7 Å². The first-order valence-corrected chi connectivity index (χ1v) is 10.9. The van der Waals surface area contributed by atoms with Crippen LogP contribution in [0.25, 0.3) is 0 Å². The van der Waals surface area contributed by atoms with Gasteiger partial charge in [0.05, 0.1) is 12.8 Å². The highest BCUT2D eigenvalue weighted by molar-refractivity contribution is 5.78. The van der Waals surface area contributed by atoms with Crippen LogP contribution in [0.4, 0.5) is 0 Å². The Balaban J connectivity index is 1.80. The van der Waals surface area contributed by atoms with Gasteiger partial charge in [0, 0.05) is 38.0 Å². The second-order valence-corrected chi connectivity index (χ2v) is 9.34. The molecule has 1 fully saturated rings. The second-order valence-electron chi connectivity index (χ2n) is 9.34. The fourth-order valence-corrected chi connectivity index (χ4v) is 4.43. The summed E-state index contributed by atoms with van der Waals surface area (Å²) < 4.78 is 5.58. The molecule has 1 aliphatic heterocycles. The Bertz CT molecular complexity index is 765. The van der Waals surface area contributed by atoms with Crippen molar-refractivity contribution in [2.75, 3.05) is 26.2 Å². The molecule has 1 amide bonds. The van der Waals surface area contributed by atoms with Crippen LogP contribution in [-0.4, -0.2) is 41.9 Å². The minimum absolute atomic E-state index is 0.0344. The molecule has 0 bridgehead atoms. The van der Waals surface area contributed by atoms with E-state index in [2.05, 4.69) is 54.8 Å². The molecule has 0 aliphatic carbocycles. The summed E-state index contributed by atoms with van der Waals surface area (Å²) in [5, 5.41) is 0. The van der Waals surface area contributed by atoms with Crippen LogP contribution in [0.5, 0.6) is 0 Å². The number of aryl methyl sites for hydroxylation is 1. The van der Waals surface area contributed by atoms with E-state index in [-0.39, 0.29) is 11.8 Å². The van der Waals surface area contributed by atoms with Crippen molar-refractivity contribution in [2.45, 2.75) is 47.1 Å². The van der Waals surface area contributed by atoms with Crippen LogP contribution in [-0.2, 0) is 11.3 Å². The Labute approximate surface area is 175 Å². The molecule has 4 heteroatoms. The highest BCUT2D eigenvalue weighted by Gasteiger charge is 2.36. The smallest absolute Gasteiger partial charge is 0.225 e. The van der Waals surface area contributed by atoms with Crippen molar-refractivity contribution in [3.8, 4) is 0 Å². The molecule has 1 saturated heterocycles. The van der Waals surface area contributed by atoms with Gasteiger partial charge in [-0.1, -0.05) is 57.5 Å². The Morgan fingerprint density at radius 2 is 1.86 bits per heavy atom. The molecule has 1 aliphatic rings. The third kappa shape index (κ3) is 5.72. The predicted octanol–water partition coefficient (Wildman–Crippen LogP) is 4.94. The van der Waals surface area contributed by atoms with Gasteiger partial charge in [-0.25, -0.2) is 0 Å². The van der Waals surface area contributed by atoms with E-state index in [1.54, 1.807) is 6.26 Å². The molecule has 0 N–H and O–H groups in total. The molecule has 0 spiro atoms. The van der Waals surface area contributed by atoms with Crippen LogP contribution in [0.2, 0.25) is 0 Å². The zero-order valence-electron chi connectivity index (χ0n) is 18.6. The van der Waals surface area contributed by atoms with Gasteiger partial charge in [0.15, 0.2) is 0 Å². The van der Waals surface area contributed by atoms with Gasteiger partial charge >= 0.3 is 0 Å². The predicted molar refractivity (Wildman–Crippen MR) is 118 cm³/mol. The molecule has 3 rings (SSSR count). The zero-order chi connectivity index (χ0) is 21.0. The van der Waals surface area contributed by atoms with E-state index in [0.29, 0.717) is 17.8 Å². The first-order valence-electron chi connectivity index (χ1n) is 10.9. The van der Waals surface area contributed by atoms with Gasteiger partial charge in [-0.3, -0.25) is 9.69 Å². The number of carbonyl (C=O) groups excluding carboxylic acids is 1. The van der Waals surface area contributed by atoms with E-state index in [1.807, 2.05) is 26.0 Å². The lowest BCUT2D eigenvalue weighted by atomic mass is 9.88. The van der Waals surface area contributed by atoms with Crippen LogP contribution in [0.1, 0.15) is 50.5 Å². The summed E-state index contributed by atoms with van der Waals surface area (Å²) in [5.74, 6) is 2.63. The lowest BCUT2D eigenvalue weighted by Crippen LogP contribution is -2.41. The minimum Gasteiger partial charge on any atom is -0.468 e. The highest BCUT2D eigenvalue weighted by Crippen LogP contribution is 2.34. The van der Waals surface area contributed by atoms with E-state index in [9.17, 15) is 4.79 Å². The standard InChI is InChI=1S/C25H36N2O2/c1-18(2)13-27(25(28)19(3)4)15-22-14-26(16-23-7-6-12-29-23)17-24(22)21-10-8-20(5)9-11-21/h6-12,18-19,22,24H,13-17H2,1-5H3. The van der Waals surface area contributed by atoms with Crippen molar-refractivity contribution < 1.29 is 9.21 Å². The van der Waals surface area contributed by atoms with Gasteiger partial charge in [0.25, 0.3) is 0 Å². The maximum Gasteiger partial charge on any atom is 0.225 e. The van der Waals surface area contributed by atoms with Gasteiger partial charge in [-0.2, -0.15) is 0 Å². The average molecular weight is 397 g/mol. The first kappa shape index (κ1) is 21.6. The fourth-order valence-electron chi connectivity index (χ4n) is 4.43.